The predicted molar refractivity (Wildman–Crippen MR) is 136 cm³/mol. The van der Waals surface area contributed by atoms with Crippen molar-refractivity contribution in [2.24, 2.45) is 5.92 Å². The topological polar surface area (TPSA) is 65.6 Å². The molecule has 2 aliphatic rings. The number of para-hydroxylation sites is 1. The summed E-state index contributed by atoms with van der Waals surface area (Å²) in [5.74, 6) is 0.857. The number of hydrogen-bond donors (Lipinski definition) is 3. The van der Waals surface area contributed by atoms with Crippen LogP contribution in [0.2, 0.25) is 0 Å². The lowest BCUT2D eigenvalue weighted by Gasteiger charge is -2.28. The van der Waals surface area contributed by atoms with E-state index in [2.05, 4.69) is 33.8 Å². The summed E-state index contributed by atoms with van der Waals surface area (Å²) in [7, 11) is 0. The lowest BCUT2D eigenvalue weighted by molar-refractivity contribution is 0.122. The van der Waals surface area contributed by atoms with Crippen molar-refractivity contribution >= 4 is 23.1 Å². The molecule has 0 spiro atoms. The molecule has 0 radical (unpaired) electrons. The van der Waals surface area contributed by atoms with E-state index in [1.165, 1.54) is 38.5 Å². The number of amides is 2. The van der Waals surface area contributed by atoms with Crippen molar-refractivity contribution in [3.05, 3.63) is 54.1 Å². The molecular formula is C27H38N4O2. The number of carbonyl (C=O) groups excluding carboxylic acids is 1. The first-order valence-corrected chi connectivity index (χ1v) is 12.5. The molecule has 0 unspecified atom stereocenters. The Balaban J connectivity index is 1.27. The number of anilines is 3. The van der Waals surface area contributed by atoms with Gasteiger partial charge in [-0.15, -0.1) is 0 Å². The molecule has 2 aromatic rings. The Morgan fingerprint density at radius 3 is 2.48 bits per heavy atom. The van der Waals surface area contributed by atoms with Gasteiger partial charge in [-0.3, -0.25) is 0 Å². The van der Waals surface area contributed by atoms with Crippen LogP contribution in [0.1, 0.15) is 51.0 Å². The van der Waals surface area contributed by atoms with E-state index in [4.69, 9.17) is 4.74 Å². The van der Waals surface area contributed by atoms with Crippen LogP contribution in [0.15, 0.2) is 48.5 Å². The molecule has 0 bridgehead atoms. The molecule has 2 aromatic carbocycles. The summed E-state index contributed by atoms with van der Waals surface area (Å²) in [5.41, 5.74) is 3.88. The molecular weight excluding hydrogens is 412 g/mol. The van der Waals surface area contributed by atoms with Gasteiger partial charge in [0.05, 0.1) is 13.2 Å². The van der Waals surface area contributed by atoms with Crippen LogP contribution in [0.5, 0.6) is 0 Å². The fourth-order valence-electron chi connectivity index (χ4n) is 4.95. The molecule has 178 valence electrons. The van der Waals surface area contributed by atoms with Crippen LogP contribution in [-0.4, -0.2) is 38.4 Å². The molecule has 3 N–H and O–H groups in total. The van der Waals surface area contributed by atoms with Crippen molar-refractivity contribution < 1.29 is 9.53 Å². The van der Waals surface area contributed by atoms with E-state index >= 15 is 0 Å². The van der Waals surface area contributed by atoms with Gasteiger partial charge in [-0.05, 0) is 55.2 Å². The third kappa shape index (κ3) is 7.21. The zero-order valence-electron chi connectivity index (χ0n) is 19.8. The Bertz CT molecular complexity index is 874. The summed E-state index contributed by atoms with van der Waals surface area (Å²) in [5, 5.41) is 9.64. The summed E-state index contributed by atoms with van der Waals surface area (Å²) in [4.78, 5) is 14.9. The van der Waals surface area contributed by atoms with Crippen molar-refractivity contribution in [2.45, 2.75) is 58.0 Å². The first-order valence-electron chi connectivity index (χ1n) is 12.5. The number of ether oxygens (including phenoxy) is 1. The third-order valence-electron chi connectivity index (χ3n) is 6.82. The normalized spacial score (nSPS) is 18.0. The van der Waals surface area contributed by atoms with Gasteiger partial charge in [-0.1, -0.05) is 50.3 Å². The summed E-state index contributed by atoms with van der Waals surface area (Å²) in [6.45, 7) is 6.34. The van der Waals surface area contributed by atoms with Gasteiger partial charge in [-0.2, -0.15) is 0 Å². The molecule has 1 heterocycles. The molecule has 1 aliphatic carbocycles. The highest BCUT2D eigenvalue weighted by Crippen LogP contribution is 2.27. The number of carbonyl (C=O) groups is 1. The van der Waals surface area contributed by atoms with E-state index in [0.717, 1.165) is 61.4 Å². The first kappa shape index (κ1) is 23.6. The average molecular weight is 451 g/mol. The number of urea groups is 1. The van der Waals surface area contributed by atoms with Crippen molar-refractivity contribution in [3.8, 4) is 0 Å². The van der Waals surface area contributed by atoms with Gasteiger partial charge >= 0.3 is 6.03 Å². The molecule has 1 saturated heterocycles. The van der Waals surface area contributed by atoms with Gasteiger partial charge in [0, 0.05) is 42.7 Å². The zero-order chi connectivity index (χ0) is 22.9. The minimum Gasteiger partial charge on any atom is -0.378 e. The number of benzene rings is 2. The fourth-order valence-corrected chi connectivity index (χ4v) is 4.95. The molecule has 33 heavy (non-hydrogen) atoms. The Kier molecular flexibility index (Phi) is 8.61. The minimum atomic E-state index is -0.225. The number of hydrogen-bond acceptors (Lipinski definition) is 4. The lowest BCUT2D eigenvalue weighted by Crippen LogP contribution is -2.36. The molecule has 4 rings (SSSR count). The Hall–Kier alpha value is -2.57. The first-order chi connectivity index (χ1) is 16.2. The smallest absolute Gasteiger partial charge is 0.323 e. The predicted octanol–water partition coefficient (Wildman–Crippen LogP) is 5.62. The number of nitrogens with zero attached hydrogens (tertiary/aromatic N) is 1. The average Bonchev–Trinajstić information content (AvgIpc) is 2.85. The van der Waals surface area contributed by atoms with Gasteiger partial charge < -0.3 is 25.6 Å². The summed E-state index contributed by atoms with van der Waals surface area (Å²) in [6.07, 6.45) is 8.15. The summed E-state index contributed by atoms with van der Waals surface area (Å²) < 4.78 is 5.42. The monoisotopic (exact) mass is 450 g/mol. The Morgan fingerprint density at radius 2 is 1.73 bits per heavy atom. The standard InChI is InChI=1S/C27H38N4O2/c1-21(19-22-7-3-2-4-8-22)28-20-23-9-5-6-10-26(23)30-27(32)29-24-11-13-25(14-12-24)31-15-17-33-18-16-31/h5-6,9-14,21-22,28H,2-4,7-8,15-20H2,1H3,(H2,29,30,32)/t21-/m0/s1. The second-order valence-corrected chi connectivity index (χ2v) is 9.40. The van der Waals surface area contributed by atoms with E-state index in [1.54, 1.807) is 0 Å². The van der Waals surface area contributed by atoms with Crippen LogP contribution in [-0.2, 0) is 11.3 Å². The number of nitrogens with one attached hydrogen (secondary N) is 3. The molecule has 1 saturated carbocycles. The van der Waals surface area contributed by atoms with Crippen molar-refractivity contribution in [3.63, 3.8) is 0 Å². The van der Waals surface area contributed by atoms with Gasteiger partial charge in [0.1, 0.15) is 0 Å². The van der Waals surface area contributed by atoms with E-state index < -0.39 is 0 Å². The van der Waals surface area contributed by atoms with E-state index in [0.29, 0.717) is 6.04 Å². The van der Waals surface area contributed by atoms with E-state index in [1.807, 2.05) is 42.5 Å². The molecule has 2 fully saturated rings. The molecule has 2 amide bonds. The van der Waals surface area contributed by atoms with Crippen molar-refractivity contribution in [1.82, 2.24) is 5.32 Å². The maximum atomic E-state index is 12.7. The minimum absolute atomic E-state index is 0.225. The number of rotatable bonds is 8. The maximum Gasteiger partial charge on any atom is 0.323 e. The highest BCUT2D eigenvalue weighted by atomic mass is 16.5. The van der Waals surface area contributed by atoms with Crippen LogP contribution >= 0.6 is 0 Å². The highest BCUT2D eigenvalue weighted by Gasteiger charge is 2.17. The van der Waals surface area contributed by atoms with Crippen LogP contribution in [0.3, 0.4) is 0 Å². The highest BCUT2D eigenvalue weighted by molar-refractivity contribution is 6.00. The van der Waals surface area contributed by atoms with Crippen molar-refractivity contribution in [1.29, 1.82) is 0 Å². The fraction of sp³-hybridized carbons (Fsp3) is 0.519. The van der Waals surface area contributed by atoms with Gasteiger partial charge in [-0.25, -0.2) is 4.79 Å². The van der Waals surface area contributed by atoms with Crippen LogP contribution in [0.25, 0.3) is 0 Å². The van der Waals surface area contributed by atoms with E-state index in [9.17, 15) is 4.79 Å². The number of morpholine rings is 1. The van der Waals surface area contributed by atoms with Crippen LogP contribution in [0.4, 0.5) is 21.9 Å². The Morgan fingerprint density at radius 1 is 1.00 bits per heavy atom. The molecule has 1 atom stereocenters. The molecule has 1 aliphatic heterocycles. The summed E-state index contributed by atoms with van der Waals surface area (Å²) >= 11 is 0. The largest absolute Gasteiger partial charge is 0.378 e. The molecule has 6 heteroatoms. The lowest BCUT2D eigenvalue weighted by atomic mass is 9.85. The van der Waals surface area contributed by atoms with Gasteiger partial charge in [0.2, 0.25) is 0 Å². The van der Waals surface area contributed by atoms with Crippen LogP contribution < -0.4 is 20.9 Å². The van der Waals surface area contributed by atoms with E-state index in [-0.39, 0.29) is 6.03 Å². The molecule has 6 nitrogen and oxygen atoms in total. The molecule has 0 aromatic heterocycles. The van der Waals surface area contributed by atoms with Crippen LogP contribution in [0, 0.1) is 5.92 Å². The third-order valence-corrected chi connectivity index (χ3v) is 6.82. The maximum absolute atomic E-state index is 12.7. The SMILES string of the molecule is C[C@@H](CC1CCCCC1)NCc1ccccc1NC(=O)Nc1ccc(N2CCOCC2)cc1. The Labute approximate surface area is 198 Å². The second-order valence-electron chi connectivity index (χ2n) is 9.40. The second kappa shape index (κ2) is 12.1. The quantitative estimate of drug-likeness (QED) is 0.489. The van der Waals surface area contributed by atoms with Gasteiger partial charge in [0.15, 0.2) is 0 Å². The summed E-state index contributed by atoms with van der Waals surface area (Å²) in [6, 6.07) is 16.3. The van der Waals surface area contributed by atoms with Crippen molar-refractivity contribution in [2.75, 3.05) is 41.8 Å². The van der Waals surface area contributed by atoms with Gasteiger partial charge in [0.25, 0.3) is 0 Å². The zero-order valence-corrected chi connectivity index (χ0v) is 19.8.